The minimum Gasteiger partial charge on any atom is -0.373 e. The van der Waals surface area contributed by atoms with Crippen molar-refractivity contribution >= 4 is 29.5 Å². The number of allylic oxidation sites excluding steroid dienone is 2. The summed E-state index contributed by atoms with van der Waals surface area (Å²) in [4.78, 5) is 14.5. The Morgan fingerprint density at radius 1 is 1.29 bits per heavy atom. The monoisotopic (exact) mass is 561 g/mol. The molecular formula is C31H48ClN3O2S. The van der Waals surface area contributed by atoms with Crippen molar-refractivity contribution in [2.24, 2.45) is 5.41 Å². The van der Waals surface area contributed by atoms with Crippen molar-refractivity contribution in [3.05, 3.63) is 71.3 Å². The highest BCUT2D eigenvalue weighted by Crippen LogP contribution is 2.26. The average Bonchev–Trinajstić information content (AvgIpc) is 2.88. The van der Waals surface area contributed by atoms with E-state index in [1.165, 1.54) is 17.5 Å². The average molecular weight is 562 g/mol. The van der Waals surface area contributed by atoms with Gasteiger partial charge in [0.15, 0.2) is 0 Å². The zero-order valence-corrected chi connectivity index (χ0v) is 25.3. The minimum absolute atomic E-state index is 0.0407. The second kappa shape index (κ2) is 18.7. The number of nitrogens with one attached hydrogen (secondary N) is 2. The summed E-state index contributed by atoms with van der Waals surface area (Å²) < 4.78 is 9.48. The summed E-state index contributed by atoms with van der Waals surface area (Å²) in [6, 6.07) is 8.53. The Morgan fingerprint density at radius 2 is 2.13 bits per heavy atom. The molecule has 2 N–H and O–H groups in total. The maximum Gasteiger partial charge on any atom is 0.253 e. The third-order valence-corrected chi connectivity index (χ3v) is 8.02. The quantitative estimate of drug-likeness (QED) is 0.313. The lowest BCUT2D eigenvalue weighted by molar-refractivity contribution is -0.114. The van der Waals surface area contributed by atoms with Crippen LogP contribution < -0.4 is 10.0 Å². The summed E-state index contributed by atoms with van der Waals surface area (Å²) >= 11 is 7.67. The molecule has 0 spiro atoms. The van der Waals surface area contributed by atoms with Gasteiger partial charge in [-0.25, -0.2) is 0 Å². The van der Waals surface area contributed by atoms with Crippen LogP contribution in [0, 0.1) is 5.41 Å². The zero-order valence-electron chi connectivity index (χ0n) is 23.8. The molecule has 2 rings (SSSR count). The molecule has 0 radical (unpaired) electrons. The van der Waals surface area contributed by atoms with E-state index in [0.717, 1.165) is 62.4 Å². The highest BCUT2D eigenvalue weighted by Gasteiger charge is 2.26. The van der Waals surface area contributed by atoms with E-state index in [0.29, 0.717) is 19.2 Å². The molecule has 1 aliphatic heterocycles. The second-order valence-corrected chi connectivity index (χ2v) is 12.0. The van der Waals surface area contributed by atoms with Crippen LogP contribution in [0.3, 0.4) is 0 Å². The molecular weight excluding hydrogens is 514 g/mol. The number of amides is 1. The van der Waals surface area contributed by atoms with Gasteiger partial charge in [-0.05, 0) is 77.1 Å². The van der Waals surface area contributed by atoms with E-state index >= 15 is 0 Å². The van der Waals surface area contributed by atoms with Gasteiger partial charge < -0.3 is 10.1 Å². The number of carbonyl (C=O) groups excluding carboxylic acids is 1. The van der Waals surface area contributed by atoms with Crippen LogP contribution in [0.2, 0.25) is 5.02 Å². The maximum absolute atomic E-state index is 12.1. The number of hydrogen-bond acceptors (Lipinski definition) is 5. The Morgan fingerprint density at radius 3 is 2.92 bits per heavy atom. The predicted molar refractivity (Wildman–Crippen MR) is 165 cm³/mol. The van der Waals surface area contributed by atoms with E-state index in [2.05, 4.69) is 79.2 Å². The lowest BCUT2D eigenvalue weighted by Gasteiger charge is -2.33. The Bertz CT molecular complexity index is 907. The summed E-state index contributed by atoms with van der Waals surface area (Å²) in [5.41, 5.74) is 1.23. The highest BCUT2D eigenvalue weighted by atomic mass is 35.5. The number of rotatable bonds is 5. The number of carbonyl (C=O) groups is 1. The fraction of sp³-hybridized carbons (Fsp3) is 0.581. The minimum atomic E-state index is -0.0596. The van der Waals surface area contributed by atoms with Crippen LogP contribution in [0.25, 0.3) is 0 Å². The number of aryl methyl sites for hydroxylation is 1. The van der Waals surface area contributed by atoms with Crippen LogP contribution in [0.4, 0.5) is 0 Å². The third kappa shape index (κ3) is 14.0. The molecule has 212 valence electrons. The first-order valence-electron chi connectivity index (χ1n) is 13.9. The number of nitrogens with zero attached hydrogens (tertiary/aromatic N) is 1. The first kappa shape index (κ1) is 32.6. The van der Waals surface area contributed by atoms with Gasteiger partial charge in [0.1, 0.15) is 0 Å². The van der Waals surface area contributed by atoms with E-state index in [1.54, 1.807) is 6.08 Å². The molecule has 0 aliphatic carbocycles. The smallest absolute Gasteiger partial charge is 0.253 e. The summed E-state index contributed by atoms with van der Waals surface area (Å²) in [5, 5.41) is 4.33. The zero-order chi connectivity index (χ0) is 27.6. The van der Waals surface area contributed by atoms with Gasteiger partial charge in [-0.15, -0.1) is 0 Å². The van der Waals surface area contributed by atoms with E-state index < -0.39 is 0 Å². The van der Waals surface area contributed by atoms with Crippen LogP contribution in [0.5, 0.6) is 0 Å². The lowest BCUT2D eigenvalue weighted by Crippen LogP contribution is -2.38. The molecule has 1 aromatic rings. The topological polar surface area (TPSA) is 53.6 Å². The molecule has 0 saturated carbocycles. The summed E-state index contributed by atoms with van der Waals surface area (Å²) in [7, 11) is 2.18. The van der Waals surface area contributed by atoms with Gasteiger partial charge in [0.05, 0.1) is 12.7 Å². The molecule has 7 heteroatoms. The van der Waals surface area contributed by atoms with Crippen LogP contribution in [0.15, 0.2) is 60.7 Å². The molecule has 1 aromatic carbocycles. The van der Waals surface area contributed by atoms with Crippen molar-refractivity contribution in [1.82, 2.24) is 14.9 Å². The second-order valence-electron chi connectivity index (χ2n) is 10.7. The fourth-order valence-corrected chi connectivity index (χ4v) is 5.29. The van der Waals surface area contributed by atoms with Crippen molar-refractivity contribution in [2.45, 2.75) is 71.4 Å². The van der Waals surface area contributed by atoms with Crippen molar-refractivity contribution in [2.75, 3.05) is 39.0 Å². The van der Waals surface area contributed by atoms with E-state index in [4.69, 9.17) is 16.3 Å². The highest BCUT2D eigenvalue weighted by molar-refractivity contribution is 7.97. The summed E-state index contributed by atoms with van der Waals surface area (Å²) in [6.07, 6.45) is 18.4. The molecule has 0 fully saturated rings. The lowest BCUT2D eigenvalue weighted by atomic mass is 9.84. The van der Waals surface area contributed by atoms with Crippen LogP contribution in [0.1, 0.15) is 58.4 Å². The first-order chi connectivity index (χ1) is 18.3. The van der Waals surface area contributed by atoms with Gasteiger partial charge in [-0.2, -0.15) is 0 Å². The van der Waals surface area contributed by atoms with Gasteiger partial charge in [-0.3, -0.25) is 14.4 Å². The number of halogens is 1. The predicted octanol–water partition coefficient (Wildman–Crippen LogP) is 6.60. The Labute approximate surface area is 240 Å². The van der Waals surface area contributed by atoms with E-state index in [-0.39, 0.29) is 17.4 Å². The number of benzene rings is 1. The molecule has 1 amide bonds. The van der Waals surface area contributed by atoms with Gasteiger partial charge in [0.2, 0.25) is 0 Å². The van der Waals surface area contributed by atoms with Crippen molar-refractivity contribution in [3.8, 4) is 0 Å². The molecule has 1 aliphatic rings. The molecule has 5 nitrogen and oxygen atoms in total. The molecule has 3 unspecified atom stereocenters. The summed E-state index contributed by atoms with van der Waals surface area (Å²) in [6.45, 7) is 9.69. The van der Waals surface area contributed by atoms with Gasteiger partial charge in [0, 0.05) is 47.9 Å². The van der Waals surface area contributed by atoms with Gasteiger partial charge in [-0.1, -0.05) is 73.0 Å². The number of likely N-dealkylation sites (N-methyl/N-ethyl adjacent to an activating group) is 1. The van der Waals surface area contributed by atoms with Crippen LogP contribution >= 0.6 is 23.5 Å². The van der Waals surface area contributed by atoms with Crippen molar-refractivity contribution in [3.63, 3.8) is 0 Å². The van der Waals surface area contributed by atoms with Crippen LogP contribution in [-0.2, 0) is 16.0 Å². The Kier molecular flexibility index (Phi) is 16.0. The van der Waals surface area contributed by atoms with E-state index in [9.17, 15) is 4.79 Å². The van der Waals surface area contributed by atoms with Crippen molar-refractivity contribution in [1.29, 1.82) is 0 Å². The third-order valence-electron chi connectivity index (χ3n) is 6.95. The maximum atomic E-state index is 12.1. The molecule has 0 saturated heterocycles. The van der Waals surface area contributed by atoms with E-state index in [1.807, 2.05) is 18.2 Å². The first-order valence-corrected chi connectivity index (χ1v) is 15.3. The van der Waals surface area contributed by atoms with Gasteiger partial charge >= 0.3 is 0 Å². The number of ether oxygens (including phenoxy) is 1. The standard InChI is InChI=1S/C31H48ClN3O2S/c1-5-13-29-22-26(2)35(4)20-8-6-7-9-21-38-34-30(36)17-12-19-33-24-31(3,25-37-29)18-11-15-27-14-10-16-28(32)23-27/h5-6,8,10,12-14,16-17,23,26,29,33H,7,9,11,15,18-22,24-25H2,1-4H3,(H,34,36)/b8-6+,13-5-,17-12+. The molecule has 38 heavy (non-hydrogen) atoms. The summed E-state index contributed by atoms with van der Waals surface area (Å²) in [5.74, 6) is 0.847. The molecule has 0 bridgehead atoms. The SMILES string of the molecule is C/C=C\C1CC(C)N(C)C/C=C/CCCSNC(=O)/C=C/CNCC(C)(CCCc2cccc(Cl)c2)CO1. The van der Waals surface area contributed by atoms with Gasteiger partial charge in [0.25, 0.3) is 5.91 Å². The normalized spacial score (nSPS) is 27.9. The molecule has 0 aromatic heterocycles. The molecule has 1 heterocycles. The largest absolute Gasteiger partial charge is 0.373 e. The fourth-order valence-electron chi connectivity index (χ4n) is 4.46. The Hall–Kier alpha value is -1.57. The van der Waals surface area contributed by atoms with Crippen LogP contribution in [-0.4, -0.2) is 62.0 Å². The Balaban J connectivity index is 2.08. The number of hydrogen-bond donors (Lipinski definition) is 2. The molecule has 3 atom stereocenters. The van der Waals surface area contributed by atoms with Crippen molar-refractivity contribution < 1.29 is 9.53 Å².